The summed E-state index contributed by atoms with van der Waals surface area (Å²) < 4.78 is 45.2. The number of hydrogen-bond acceptors (Lipinski definition) is 14. The number of guanidine groups is 1. The van der Waals surface area contributed by atoms with Gasteiger partial charge in [-0.2, -0.15) is 5.10 Å². The van der Waals surface area contributed by atoms with Crippen LogP contribution in [0, 0.1) is 12.3 Å². The van der Waals surface area contributed by atoms with Gasteiger partial charge < -0.3 is 30.0 Å². The molecule has 21 heteroatoms. The van der Waals surface area contributed by atoms with Crippen molar-refractivity contribution in [2.45, 2.75) is 126 Å². The topological polar surface area (TPSA) is 255 Å². The number of aryl methyl sites for hydroxylation is 1. The smallest absolute Gasteiger partial charge is 0.428 e. The second kappa shape index (κ2) is 21.6. The minimum Gasteiger partial charge on any atom is -0.481 e. The van der Waals surface area contributed by atoms with Crippen molar-refractivity contribution in [1.29, 1.82) is 5.41 Å². The number of thiophene rings is 1. The molecule has 1 aromatic heterocycles. The van der Waals surface area contributed by atoms with E-state index in [1.54, 1.807) is 87.6 Å². The molecule has 3 rings (SSSR count). The van der Waals surface area contributed by atoms with Gasteiger partial charge in [-0.25, -0.2) is 37.9 Å². The van der Waals surface area contributed by atoms with E-state index in [0.29, 0.717) is 45.0 Å². The summed E-state index contributed by atoms with van der Waals surface area (Å²) in [5.41, 5.74) is 0.792. The molecule has 0 saturated carbocycles. The summed E-state index contributed by atoms with van der Waals surface area (Å²) in [6.07, 6.45) is 1.68. The molecule has 2 aromatic carbocycles. The third-order valence-electron chi connectivity index (χ3n) is 7.94. The zero-order valence-electron chi connectivity index (χ0n) is 37.3. The van der Waals surface area contributed by atoms with Gasteiger partial charge in [0.25, 0.3) is 0 Å². The number of alkyl carbamates (subject to hydrolysis) is 1. The van der Waals surface area contributed by atoms with E-state index >= 15 is 0 Å². The fourth-order valence-electron chi connectivity index (χ4n) is 5.58. The molecule has 0 radical (unpaired) electrons. The van der Waals surface area contributed by atoms with Crippen molar-refractivity contribution in [3.63, 3.8) is 0 Å². The van der Waals surface area contributed by atoms with E-state index in [4.69, 9.17) is 24.7 Å². The van der Waals surface area contributed by atoms with Crippen LogP contribution in [0.3, 0.4) is 0 Å². The molecule has 0 unspecified atom stereocenters. The maximum Gasteiger partial charge on any atom is 0.428 e. The van der Waals surface area contributed by atoms with Crippen molar-refractivity contribution in [3.8, 4) is 11.1 Å². The number of carboxylic acids is 1. The van der Waals surface area contributed by atoms with Crippen LogP contribution in [0.2, 0.25) is 0 Å². The van der Waals surface area contributed by atoms with Gasteiger partial charge in [-0.15, -0.1) is 23.1 Å². The predicted molar refractivity (Wildman–Crippen MR) is 244 cm³/mol. The highest BCUT2D eigenvalue weighted by Gasteiger charge is 2.31. The SMILES string of the molecule is CSc1sc(C=NNC(=O)OC(C)(C)C)cc1S(=O)(=O)c1cccc(-c2c(C)cc(N(C(=N)NC(=O)OC(C)(C)C)C(=O)OC(C)(C)C)cc2NC(=O)NCCCCCC(=O)O)c1. The number of nitrogens with one attached hydrogen (secondary N) is 5. The van der Waals surface area contributed by atoms with E-state index in [0.717, 1.165) is 16.2 Å². The second-order valence-corrected chi connectivity index (χ2v) is 21.0. The number of carboxylic acid groups (broad SMARTS) is 1. The van der Waals surface area contributed by atoms with Gasteiger partial charge >= 0.3 is 30.3 Å². The maximum atomic E-state index is 14.3. The number of urea groups is 1. The van der Waals surface area contributed by atoms with E-state index in [-0.39, 0.29) is 34.1 Å². The second-order valence-electron chi connectivity index (χ2n) is 17.0. The molecular weight excluding hydrogens is 875 g/mol. The number of benzene rings is 2. The highest BCUT2D eigenvalue weighted by atomic mass is 32.2. The highest BCUT2D eigenvalue weighted by molar-refractivity contribution is 8.01. The van der Waals surface area contributed by atoms with Gasteiger partial charge in [0.05, 0.1) is 31.6 Å². The number of carbonyl (C=O) groups is 5. The summed E-state index contributed by atoms with van der Waals surface area (Å²) in [5.74, 6) is -1.64. The van der Waals surface area contributed by atoms with Crippen molar-refractivity contribution in [2.24, 2.45) is 5.10 Å². The Morgan fingerprint density at radius 1 is 0.889 bits per heavy atom. The molecule has 0 fully saturated rings. The number of hydrazone groups is 1. The number of unbranched alkanes of at least 4 members (excludes halogenated alkanes) is 2. The van der Waals surface area contributed by atoms with Gasteiger partial charge in [0, 0.05) is 23.4 Å². The molecule has 5 amide bonds. The molecule has 1 heterocycles. The zero-order valence-corrected chi connectivity index (χ0v) is 39.8. The first-order valence-electron chi connectivity index (χ1n) is 19.7. The van der Waals surface area contributed by atoms with Crippen molar-refractivity contribution in [3.05, 3.63) is 52.9 Å². The van der Waals surface area contributed by atoms with E-state index < -0.39 is 62.9 Å². The third kappa shape index (κ3) is 16.5. The number of ether oxygens (including phenoxy) is 3. The average Bonchev–Trinajstić information content (AvgIpc) is 3.55. The molecule has 0 atom stereocenters. The number of aliphatic carboxylic acids is 1. The summed E-state index contributed by atoms with van der Waals surface area (Å²) >= 11 is 2.38. The number of thioether (sulfide) groups is 1. The van der Waals surface area contributed by atoms with Gasteiger partial charge in [0.2, 0.25) is 15.8 Å². The third-order valence-corrected chi connectivity index (χ3v) is 12.2. The highest BCUT2D eigenvalue weighted by Crippen LogP contribution is 2.40. The molecule has 6 N–H and O–H groups in total. The average molecular weight is 932 g/mol. The molecule has 0 saturated heterocycles. The van der Waals surface area contributed by atoms with Crippen LogP contribution in [-0.4, -0.2) is 85.6 Å². The quantitative estimate of drug-likeness (QED) is 0.0221. The Kier molecular flexibility index (Phi) is 17.7. The van der Waals surface area contributed by atoms with Gasteiger partial charge in [0.1, 0.15) is 16.8 Å². The molecule has 0 bridgehead atoms. The van der Waals surface area contributed by atoms with Crippen LogP contribution in [0.5, 0.6) is 0 Å². The van der Waals surface area contributed by atoms with Crippen molar-refractivity contribution >= 4 is 86.8 Å². The lowest BCUT2D eigenvalue weighted by Gasteiger charge is -2.29. The van der Waals surface area contributed by atoms with Crippen LogP contribution in [0.15, 0.2) is 61.6 Å². The fourth-order valence-corrected chi connectivity index (χ4v) is 9.52. The van der Waals surface area contributed by atoms with Crippen LogP contribution in [0.4, 0.5) is 30.6 Å². The Labute approximate surface area is 376 Å². The monoisotopic (exact) mass is 931 g/mol. The van der Waals surface area contributed by atoms with Crippen LogP contribution in [-0.2, 0) is 28.8 Å². The molecule has 63 heavy (non-hydrogen) atoms. The first kappa shape index (κ1) is 51.7. The lowest BCUT2D eigenvalue weighted by Crippen LogP contribution is -2.49. The normalized spacial score (nSPS) is 12.0. The van der Waals surface area contributed by atoms with E-state index in [1.807, 2.05) is 0 Å². The molecule has 0 aliphatic rings. The number of anilines is 2. The van der Waals surface area contributed by atoms with E-state index in [9.17, 15) is 32.4 Å². The van der Waals surface area contributed by atoms with Crippen molar-refractivity contribution < 1.29 is 51.7 Å². The Balaban J connectivity index is 2.14. The standard InChI is InChI=1S/C42H57N7O11S3/c1-25-20-27(49(39(55)60-42(8,9)10)35(43)47-37(53)58-40(2,3)4)22-30(46-36(52)44-19-14-12-13-18-32(50)51)33(25)26-16-15-17-29(21-26)63(56,57)31-23-28(62-34(31)61-11)24-45-48-38(54)59-41(5,6)7/h15-17,20-24H,12-14,18-19H2,1-11H3,(H,48,54)(H,50,51)(H2,43,47,53)(H2,44,46,52). The molecule has 3 aromatic rings. The number of carbonyl (C=O) groups excluding carboxylic acids is 4. The molecule has 344 valence electrons. The van der Waals surface area contributed by atoms with Crippen molar-refractivity contribution in [2.75, 3.05) is 23.0 Å². The minimum absolute atomic E-state index is 0.00227. The largest absolute Gasteiger partial charge is 0.481 e. The van der Waals surface area contributed by atoms with Crippen molar-refractivity contribution in [1.82, 2.24) is 16.1 Å². The van der Waals surface area contributed by atoms with Crippen LogP contribution in [0.25, 0.3) is 11.1 Å². The number of nitrogens with zero attached hydrogens (tertiary/aromatic N) is 2. The fraction of sp³-hybridized carbons (Fsp3) is 0.452. The van der Waals surface area contributed by atoms with E-state index in [2.05, 4.69) is 26.5 Å². The molecular formula is C42H57N7O11S3. The summed E-state index contributed by atoms with van der Waals surface area (Å²) in [7, 11) is -4.19. The number of sulfone groups is 1. The molecule has 0 aliphatic carbocycles. The minimum atomic E-state index is -4.19. The summed E-state index contributed by atoms with van der Waals surface area (Å²) in [6.45, 7) is 16.7. The summed E-state index contributed by atoms with van der Waals surface area (Å²) in [5, 5.41) is 29.5. The first-order chi connectivity index (χ1) is 29.1. The Hall–Kier alpha value is -5.67. The predicted octanol–water partition coefficient (Wildman–Crippen LogP) is 9.10. The zero-order chi connectivity index (χ0) is 47.5. The molecule has 0 aliphatic heterocycles. The van der Waals surface area contributed by atoms with Crippen LogP contribution >= 0.6 is 23.1 Å². The number of rotatable bonds is 14. The maximum absolute atomic E-state index is 14.3. The van der Waals surface area contributed by atoms with Gasteiger partial charge in [-0.05, 0) is 130 Å². The first-order valence-corrected chi connectivity index (χ1v) is 23.2. The van der Waals surface area contributed by atoms with Gasteiger partial charge in [-0.3, -0.25) is 15.5 Å². The van der Waals surface area contributed by atoms with Gasteiger partial charge in [-0.1, -0.05) is 18.6 Å². The summed E-state index contributed by atoms with van der Waals surface area (Å²) in [4.78, 5) is 64.1. The molecule has 18 nitrogen and oxygen atoms in total. The van der Waals surface area contributed by atoms with Crippen LogP contribution in [0.1, 0.15) is 98.4 Å². The Bertz CT molecular complexity index is 2330. The summed E-state index contributed by atoms with van der Waals surface area (Å²) in [6, 6.07) is 9.74. The lowest BCUT2D eigenvalue weighted by molar-refractivity contribution is -0.137. The lowest BCUT2D eigenvalue weighted by atomic mass is 9.97. The van der Waals surface area contributed by atoms with E-state index in [1.165, 1.54) is 48.3 Å². The molecule has 0 spiro atoms. The number of amides is 5. The number of hydrogen-bond donors (Lipinski definition) is 6. The van der Waals surface area contributed by atoms with Gasteiger partial charge in [0.15, 0.2) is 0 Å². The Morgan fingerprint density at radius 2 is 1.52 bits per heavy atom. The Morgan fingerprint density at radius 3 is 2.13 bits per heavy atom. The van der Waals surface area contributed by atoms with Crippen LogP contribution < -0.4 is 26.3 Å².